The molecule has 1 saturated carbocycles. The van der Waals surface area contributed by atoms with E-state index in [9.17, 15) is 0 Å². The van der Waals surface area contributed by atoms with Gasteiger partial charge in [0, 0.05) is 12.1 Å². The Morgan fingerprint density at radius 1 is 1.15 bits per heavy atom. The molecule has 0 spiro atoms. The zero-order valence-corrected chi connectivity index (χ0v) is 14.8. The van der Waals surface area contributed by atoms with Crippen LogP contribution >= 0.6 is 0 Å². The predicted molar refractivity (Wildman–Crippen MR) is 90.2 cm³/mol. The van der Waals surface area contributed by atoms with E-state index in [4.69, 9.17) is 0 Å². The first kappa shape index (κ1) is 18.0. The number of hydrogen-bond acceptors (Lipinski definition) is 2. The fourth-order valence-corrected chi connectivity index (χ4v) is 3.27. The van der Waals surface area contributed by atoms with Crippen LogP contribution in [0.15, 0.2) is 0 Å². The second-order valence-corrected chi connectivity index (χ2v) is 8.15. The Bertz CT molecular complexity index is 250. The molecule has 1 aliphatic rings. The second-order valence-electron chi connectivity index (χ2n) is 8.15. The van der Waals surface area contributed by atoms with Crippen LogP contribution in [0.2, 0.25) is 0 Å². The van der Waals surface area contributed by atoms with Gasteiger partial charge in [-0.05, 0) is 76.9 Å². The van der Waals surface area contributed by atoms with Crippen LogP contribution in [0.1, 0.15) is 73.1 Å². The summed E-state index contributed by atoms with van der Waals surface area (Å²) < 4.78 is 0. The Morgan fingerprint density at radius 3 is 2.30 bits per heavy atom. The van der Waals surface area contributed by atoms with Gasteiger partial charge in [-0.3, -0.25) is 0 Å². The van der Waals surface area contributed by atoms with E-state index in [2.05, 4.69) is 51.9 Å². The average molecular weight is 283 g/mol. The molecule has 0 aromatic heterocycles. The summed E-state index contributed by atoms with van der Waals surface area (Å²) in [7, 11) is 2.34. The van der Waals surface area contributed by atoms with Crippen LogP contribution in [0.3, 0.4) is 0 Å². The third-order valence-corrected chi connectivity index (χ3v) is 5.11. The van der Waals surface area contributed by atoms with E-state index in [0.29, 0.717) is 5.41 Å². The third-order valence-electron chi connectivity index (χ3n) is 5.11. The maximum Gasteiger partial charge on any atom is 0.00954 e. The van der Waals surface area contributed by atoms with E-state index in [-0.39, 0.29) is 0 Å². The van der Waals surface area contributed by atoms with Gasteiger partial charge in [-0.25, -0.2) is 0 Å². The molecule has 0 saturated heterocycles. The molecule has 0 aromatic carbocycles. The van der Waals surface area contributed by atoms with Gasteiger partial charge in [-0.2, -0.15) is 0 Å². The van der Waals surface area contributed by atoms with Crippen molar-refractivity contribution in [3.63, 3.8) is 0 Å². The van der Waals surface area contributed by atoms with Crippen LogP contribution in [0.25, 0.3) is 0 Å². The summed E-state index contributed by atoms with van der Waals surface area (Å²) >= 11 is 0. The molecule has 0 bridgehead atoms. The minimum atomic E-state index is 0.585. The highest BCUT2D eigenvalue weighted by atomic mass is 15.2. The Kier molecular flexibility index (Phi) is 7.53. The first-order chi connectivity index (χ1) is 9.32. The van der Waals surface area contributed by atoms with Crippen molar-refractivity contribution in [2.75, 3.05) is 20.1 Å². The highest BCUT2D eigenvalue weighted by molar-refractivity contribution is 4.84. The van der Waals surface area contributed by atoms with Gasteiger partial charge in [0.2, 0.25) is 0 Å². The molecule has 1 fully saturated rings. The van der Waals surface area contributed by atoms with Crippen molar-refractivity contribution in [3.05, 3.63) is 0 Å². The van der Waals surface area contributed by atoms with E-state index in [1.54, 1.807) is 0 Å². The molecule has 1 atom stereocenters. The molecule has 0 heterocycles. The summed E-state index contributed by atoms with van der Waals surface area (Å²) in [5, 5.41) is 3.55. The molecule has 1 aliphatic carbocycles. The summed E-state index contributed by atoms with van der Waals surface area (Å²) in [6, 6.07) is 1.55. The van der Waals surface area contributed by atoms with Gasteiger partial charge < -0.3 is 10.2 Å². The van der Waals surface area contributed by atoms with Crippen LogP contribution in [0.5, 0.6) is 0 Å². The van der Waals surface area contributed by atoms with E-state index < -0.39 is 0 Å². The van der Waals surface area contributed by atoms with E-state index in [1.165, 1.54) is 45.1 Å². The van der Waals surface area contributed by atoms with Crippen molar-refractivity contribution < 1.29 is 0 Å². The van der Waals surface area contributed by atoms with Gasteiger partial charge in [-0.15, -0.1) is 0 Å². The molecular formula is C18H38N2. The van der Waals surface area contributed by atoms with Crippen molar-refractivity contribution >= 4 is 0 Å². The van der Waals surface area contributed by atoms with Gasteiger partial charge in [-0.1, -0.05) is 27.7 Å². The summed E-state index contributed by atoms with van der Waals surface area (Å²) in [6.45, 7) is 14.1. The monoisotopic (exact) mass is 282 g/mol. The molecule has 20 heavy (non-hydrogen) atoms. The smallest absolute Gasteiger partial charge is 0.00954 e. The van der Waals surface area contributed by atoms with Crippen molar-refractivity contribution in [1.29, 1.82) is 0 Å². The number of nitrogens with one attached hydrogen (secondary N) is 1. The van der Waals surface area contributed by atoms with Crippen molar-refractivity contribution in [3.8, 4) is 0 Å². The molecule has 1 rings (SSSR count). The zero-order chi connectivity index (χ0) is 15.2. The standard InChI is InChI=1S/C18H38N2/c1-15(2)14-19-13-7-8-16(3)20(6)17-9-11-18(4,5)12-10-17/h15-17,19H,7-14H2,1-6H3. The lowest BCUT2D eigenvalue weighted by Crippen LogP contribution is -2.42. The van der Waals surface area contributed by atoms with Gasteiger partial charge in [0.1, 0.15) is 0 Å². The predicted octanol–water partition coefficient (Wildman–Crippen LogP) is 4.30. The zero-order valence-electron chi connectivity index (χ0n) is 14.8. The lowest BCUT2D eigenvalue weighted by Gasteiger charge is -2.41. The maximum absolute atomic E-state index is 3.55. The topological polar surface area (TPSA) is 15.3 Å². The Hall–Kier alpha value is -0.0800. The molecule has 0 amide bonds. The van der Waals surface area contributed by atoms with Gasteiger partial charge >= 0.3 is 0 Å². The molecular weight excluding hydrogens is 244 g/mol. The van der Waals surface area contributed by atoms with Crippen LogP contribution in [0, 0.1) is 11.3 Å². The normalized spacial score (nSPS) is 21.6. The lowest BCUT2D eigenvalue weighted by molar-refractivity contribution is 0.0962. The molecule has 0 aliphatic heterocycles. The number of hydrogen-bond donors (Lipinski definition) is 1. The summed E-state index contributed by atoms with van der Waals surface area (Å²) in [6.07, 6.45) is 8.19. The Balaban J connectivity index is 2.17. The molecule has 1 N–H and O–H groups in total. The Morgan fingerprint density at radius 2 is 1.75 bits per heavy atom. The van der Waals surface area contributed by atoms with E-state index in [1.807, 2.05) is 0 Å². The quantitative estimate of drug-likeness (QED) is 0.668. The van der Waals surface area contributed by atoms with Crippen molar-refractivity contribution in [2.45, 2.75) is 85.2 Å². The summed E-state index contributed by atoms with van der Waals surface area (Å²) in [4.78, 5) is 2.65. The van der Waals surface area contributed by atoms with Gasteiger partial charge in [0.15, 0.2) is 0 Å². The summed E-state index contributed by atoms with van der Waals surface area (Å²) in [5.74, 6) is 0.765. The molecule has 0 radical (unpaired) electrons. The average Bonchev–Trinajstić information content (AvgIpc) is 2.37. The van der Waals surface area contributed by atoms with E-state index in [0.717, 1.165) is 24.5 Å². The molecule has 120 valence electrons. The molecule has 1 unspecified atom stereocenters. The first-order valence-corrected chi connectivity index (χ1v) is 8.74. The van der Waals surface area contributed by atoms with Crippen molar-refractivity contribution in [1.82, 2.24) is 10.2 Å². The SMILES string of the molecule is CC(C)CNCCCC(C)N(C)C1CCC(C)(C)CC1. The van der Waals surface area contributed by atoms with Crippen LogP contribution in [0.4, 0.5) is 0 Å². The third kappa shape index (κ3) is 6.58. The van der Waals surface area contributed by atoms with Crippen LogP contribution in [-0.4, -0.2) is 37.1 Å². The summed E-state index contributed by atoms with van der Waals surface area (Å²) in [5.41, 5.74) is 0.585. The Labute approximate surface area is 127 Å². The van der Waals surface area contributed by atoms with Gasteiger partial charge in [0.05, 0.1) is 0 Å². The lowest BCUT2D eigenvalue weighted by atomic mass is 9.75. The minimum absolute atomic E-state index is 0.585. The van der Waals surface area contributed by atoms with E-state index >= 15 is 0 Å². The van der Waals surface area contributed by atoms with Crippen LogP contribution < -0.4 is 5.32 Å². The molecule has 2 nitrogen and oxygen atoms in total. The highest BCUT2D eigenvalue weighted by Gasteiger charge is 2.30. The van der Waals surface area contributed by atoms with Crippen molar-refractivity contribution in [2.24, 2.45) is 11.3 Å². The highest BCUT2D eigenvalue weighted by Crippen LogP contribution is 2.37. The fraction of sp³-hybridized carbons (Fsp3) is 1.00. The largest absolute Gasteiger partial charge is 0.316 e. The minimum Gasteiger partial charge on any atom is -0.316 e. The first-order valence-electron chi connectivity index (χ1n) is 8.74. The number of rotatable bonds is 8. The van der Waals surface area contributed by atoms with Crippen LogP contribution in [-0.2, 0) is 0 Å². The number of nitrogens with zero attached hydrogens (tertiary/aromatic N) is 1. The second kappa shape index (κ2) is 8.38. The molecule has 0 aromatic rings. The maximum atomic E-state index is 3.55. The van der Waals surface area contributed by atoms with Gasteiger partial charge in [0.25, 0.3) is 0 Å². The fourth-order valence-electron chi connectivity index (χ4n) is 3.27. The molecule has 2 heteroatoms.